The maximum Gasteiger partial charge on any atom is 0.251 e. The lowest BCUT2D eigenvalue weighted by atomic mass is 10.0. The molecule has 452 valence electrons. The number of ether oxygens (including phenoxy) is 3. The Morgan fingerprint density at radius 2 is 1.05 bits per heavy atom. The number of carbonyl (C=O) groups is 2. The van der Waals surface area contributed by atoms with Gasteiger partial charge in [0.15, 0.2) is 0 Å². The molecule has 2 amide bonds. The zero-order valence-electron chi connectivity index (χ0n) is 49.4. The molecule has 3 unspecified atom stereocenters. The number of nitrogen functional groups attached to an aromatic ring is 3. The van der Waals surface area contributed by atoms with Gasteiger partial charge in [0, 0.05) is 144 Å². The van der Waals surface area contributed by atoms with Crippen molar-refractivity contribution in [2.24, 2.45) is 0 Å². The Balaban J connectivity index is 0.718. The van der Waals surface area contributed by atoms with Gasteiger partial charge in [0.05, 0.1) is 49.5 Å². The molecule has 24 nitrogen and oxygen atoms in total. The number of aromatic nitrogens is 11. The zero-order chi connectivity index (χ0) is 61.5. The van der Waals surface area contributed by atoms with E-state index in [9.17, 15) is 9.59 Å². The number of methoxy groups -OCH3 is 1. The highest BCUT2D eigenvalue weighted by molar-refractivity contribution is 6.31. The first-order valence-corrected chi connectivity index (χ1v) is 29.4. The van der Waals surface area contributed by atoms with Crippen LogP contribution >= 0.6 is 34.8 Å². The molecule has 8 N–H and O–H groups in total. The molecule has 3 atom stereocenters. The molecular formula is C60H66Cl3N19O5. The smallest absolute Gasteiger partial charge is 0.251 e. The Kier molecular flexibility index (Phi) is 17.1. The van der Waals surface area contributed by atoms with Crippen LogP contribution in [0.1, 0.15) is 113 Å². The van der Waals surface area contributed by atoms with E-state index in [1.165, 1.54) is 6.92 Å². The standard InChI is InChI=1S/C60H66Cl3N19O5/c1-29-15-68-42(32(4)48(29)85-8)24-81-22-40(47-53(63)74-60(66)77-56(47)81)23-82-13-12-41(78-82)28-87-50-31(3)17-70-44(34(50)6)26-80-21-39(46-52(62)73-59(65)76-55(46)80)19-71-57(84)37-11-9-10-36(14-37)27-86-49-30(2)16-69-43(33(49)5)25-79-20-38(18-67-35(7)83)45-51(61)72-58(64)75-54(45)79/h9-17,38-40H,18-28H2,1-8H3,(H,67,83)(H,71,84)(H2,64,72,75)(H2,65,73,76)(H2,66,74,77). The van der Waals surface area contributed by atoms with E-state index >= 15 is 0 Å². The summed E-state index contributed by atoms with van der Waals surface area (Å²) in [5.74, 6) is 3.23. The maximum atomic E-state index is 14.0. The largest absolute Gasteiger partial charge is 0.496 e. The van der Waals surface area contributed by atoms with E-state index in [0.29, 0.717) is 97.6 Å². The number of rotatable bonds is 20. The van der Waals surface area contributed by atoms with Crippen LogP contribution in [0.15, 0.2) is 55.1 Å². The van der Waals surface area contributed by atoms with E-state index in [1.54, 1.807) is 25.6 Å². The van der Waals surface area contributed by atoms with Gasteiger partial charge in [0.1, 0.15) is 63.4 Å². The summed E-state index contributed by atoms with van der Waals surface area (Å²) in [6, 6.07) is 9.24. The van der Waals surface area contributed by atoms with Gasteiger partial charge in [0.2, 0.25) is 23.8 Å². The first kappa shape index (κ1) is 59.8. The predicted molar refractivity (Wildman–Crippen MR) is 332 cm³/mol. The number of hydrogen-bond acceptors (Lipinski definition) is 21. The van der Waals surface area contributed by atoms with Crippen LogP contribution < -0.4 is 56.7 Å². The SMILES string of the molecule is COc1c(C)cnc(CN2CC(Cn3ccc(COc4c(C)cnc(CN5CC(CNC(=O)c6cccc(COc7c(C)cnc(CN8CC(CNC(C)=O)c9c(Cl)nc(N)nc98)c7C)c6)c6c(Cl)nc(N)nc65)c4C)n3)c3c(Cl)nc(N)nc32)c1C. The molecule has 3 aliphatic rings. The number of carbonyl (C=O) groups excluding carboxylic acids is 2. The number of amides is 2. The Hall–Kier alpha value is -8.87. The summed E-state index contributed by atoms with van der Waals surface area (Å²) >= 11 is 20.2. The fourth-order valence-electron chi connectivity index (χ4n) is 11.9. The highest BCUT2D eigenvalue weighted by Gasteiger charge is 2.38. The van der Waals surface area contributed by atoms with Gasteiger partial charge in [-0.25, -0.2) is 15.0 Å². The molecule has 7 aromatic heterocycles. The maximum absolute atomic E-state index is 14.0. The second kappa shape index (κ2) is 24.8. The van der Waals surface area contributed by atoms with Gasteiger partial charge >= 0.3 is 0 Å². The Morgan fingerprint density at radius 1 is 0.598 bits per heavy atom. The Morgan fingerprint density at radius 3 is 1.54 bits per heavy atom. The predicted octanol–water partition coefficient (Wildman–Crippen LogP) is 7.74. The zero-order valence-corrected chi connectivity index (χ0v) is 51.6. The molecule has 8 aromatic rings. The van der Waals surface area contributed by atoms with Crippen molar-refractivity contribution in [2.75, 3.05) is 71.7 Å². The minimum Gasteiger partial charge on any atom is -0.496 e. The molecule has 27 heteroatoms. The van der Waals surface area contributed by atoms with Crippen molar-refractivity contribution >= 4 is 81.9 Å². The second-order valence-electron chi connectivity index (χ2n) is 22.2. The van der Waals surface area contributed by atoms with Gasteiger partial charge in [0.25, 0.3) is 5.91 Å². The third kappa shape index (κ3) is 12.4. The number of halogens is 3. The lowest BCUT2D eigenvalue weighted by molar-refractivity contribution is -0.119. The monoisotopic (exact) mass is 1240 g/mol. The van der Waals surface area contributed by atoms with Crippen molar-refractivity contribution in [3.63, 3.8) is 0 Å². The summed E-state index contributed by atoms with van der Waals surface area (Å²) in [4.78, 5) is 73.0. The Labute approximate surface area is 517 Å². The van der Waals surface area contributed by atoms with Crippen LogP contribution in [-0.4, -0.2) is 106 Å². The van der Waals surface area contributed by atoms with E-state index in [1.807, 2.05) is 87.8 Å². The fraction of sp³-hybridized carbons (Fsp3) is 0.367. The Bertz CT molecular complexity index is 4000. The van der Waals surface area contributed by atoms with Gasteiger partial charge < -0.3 is 56.7 Å². The molecule has 0 saturated heterocycles. The number of pyridine rings is 3. The van der Waals surface area contributed by atoms with Gasteiger partial charge in [-0.05, 0) is 65.3 Å². The first-order valence-electron chi connectivity index (χ1n) is 28.2. The van der Waals surface area contributed by atoms with Crippen molar-refractivity contribution in [1.29, 1.82) is 0 Å². The van der Waals surface area contributed by atoms with Crippen LogP contribution in [0.3, 0.4) is 0 Å². The molecule has 0 bridgehead atoms. The molecule has 0 fully saturated rings. The molecule has 0 aliphatic carbocycles. The minimum atomic E-state index is -0.285. The van der Waals surface area contributed by atoms with Crippen molar-refractivity contribution in [1.82, 2.24) is 65.3 Å². The van der Waals surface area contributed by atoms with Gasteiger partial charge in [-0.1, -0.05) is 46.9 Å². The minimum absolute atomic E-state index is 0.0287. The van der Waals surface area contributed by atoms with Crippen LogP contribution in [0.25, 0.3) is 0 Å². The van der Waals surface area contributed by atoms with Crippen molar-refractivity contribution in [3.05, 3.63) is 155 Å². The van der Waals surface area contributed by atoms with E-state index in [0.717, 1.165) is 78.6 Å². The van der Waals surface area contributed by atoms with E-state index < -0.39 is 0 Å². The second-order valence-corrected chi connectivity index (χ2v) is 23.3. The van der Waals surface area contributed by atoms with E-state index in [2.05, 4.69) is 50.3 Å². The molecule has 3 aliphatic heterocycles. The number of nitrogens with one attached hydrogen (secondary N) is 2. The van der Waals surface area contributed by atoms with E-state index in [-0.39, 0.29) is 77.5 Å². The summed E-state index contributed by atoms with van der Waals surface area (Å²) in [5, 5.41) is 11.7. The molecule has 0 saturated carbocycles. The highest BCUT2D eigenvalue weighted by atomic mass is 35.5. The van der Waals surface area contributed by atoms with Crippen molar-refractivity contribution < 1.29 is 23.8 Å². The number of fused-ring (bicyclic) bond motifs is 3. The molecule has 10 heterocycles. The molecule has 87 heavy (non-hydrogen) atoms. The lowest BCUT2D eigenvalue weighted by Crippen LogP contribution is -2.31. The molecule has 1 aromatic carbocycles. The number of benzene rings is 1. The van der Waals surface area contributed by atoms with Gasteiger partial charge in [-0.2, -0.15) is 20.1 Å². The summed E-state index contributed by atoms with van der Waals surface area (Å²) in [6.07, 6.45) is 7.31. The lowest BCUT2D eigenvalue weighted by Gasteiger charge is -2.21. The van der Waals surface area contributed by atoms with Crippen molar-refractivity contribution in [3.8, 4) is 17.2 Å². The van der Waals surface area contributed by atoms with E-state index in [4.69, 9.17) is 86.3 Å². The fourth-order valence-corrected chi connectivity index (χ4v) is 12.9. The number of nitrogens with two attached hydrogens (primary N) is 3. The number of hydrogen-bond donors (Lipinski definition) is 5. The summed E-state index contributed by atoms with van der Waals surface area (Å²) < 4.78 is 20.6. The average molecular weight is 1240 g/mol. The molecular weight excluding hydrogens is 1170 g/mol. The highest BCUT2D eigenvalue weighted by Crippen LogP contribution is 2.44. The number of anilines is 6. The van der Waals surface area contributed by atoms with Gasteiger partial charge in [-0.3, -0.25) is 29.2 Å². The van der Waals surface area contributed by atoms with Crippen LogP contribution in [0.4, 0.5) is 35.3 Å². The molecule has 0 radical (unpaired) electrons. The average Bonchev–Trinajstić information content (AvgIpc) is 1.90. The summed E-state index contributed by atoms with van der Waals surface area (Å²) in [5.41, 5.74) is 30.2. The molecule has 11 rings (SSSR count). The van der Waals surface area contributed by atoms with Crippen molar-refractivity contribution in [2.45, 2.75) is 106 Å². The third-order valence-corrected chi connectivity index (χ3v) is 17.0. The van der Waals surface area contributed by atoms with Crippen LogP contribution in [0, 0.1) is 41.5 Å². The van der Waals surface area contributed by atoms with Crippen LogP contribution in [-0.2, 0) is 44.2 Å². The summed E-state index contributed by atoms with van der Waals surface area (Å²) in [6.45, 7) is 17.5. The number of nitrogens with zero attached hydrogens (tertiary/aromatic N) is 14. The van der Waals surface area contributed by atoms with Gasteiger partial charge in [-0.15, -0.1) is 0 Å². The normalized spacial score (nSPS) is 15.8. The summed E-state index contributed by atoms with van der Waals surface area (Å²) in [7, 11) is 1.66. The van der Waals surface area contributed by atoms with Crippen LogP contribution in [0.5, 0.6) is 17.2 Å². The third-order valence-electron chi connectivity index (χ3n) is 16.1. The first-order chi connectivity index (χ1) is 41.7. The number of aryl methyl sites for hydroxylation is 3. The quantitative estimate of drug-likeness (QED) is 0.0456. The molecule has 0 spiro atoms. The topological polar surface area (TPSA) is 308 Å². The van der Waals surface area contributed by atoms with Crippen LogP contribution in [0.2, 0.25) is 15.5 Å².